The van der Waals surface area contributed by atoms with Crippen LogP contribution < -0.4 is 0 Å². The zero-order valence-electron chi connectivity index (χ0n) is 6.95. The molecule has 56 valence electrons. The van der Waals surface area contributed by atoms with Gasteiger partial charge in [-0.3, -0.25) is 0 Å². The molecule has 0 aliphatic heterocycles. The van der Waals surface area contributed by atoms with Crippen molar-refractivity contribution in [2.24, 2.45) is 0 Å². The van der Waals surface area contributed by atoms with Gasteiger partial charge in [-0.25, -0.2) is 0 Å². The van der Waals surface area contributed by atoms with Gasteiger partial charge in [-0.05, 0) is 0 Å². The third-order valence-corrected chi connectivity index (χ3v) is 7.04. The third-order valence-electron chi connectivity index (χ3n) is 1.71. The van der Waals surface area contributed by atoms with Crippen molar-refractivity contribution in [1.29, 1.82) is 0 Å². The van der Waals surface area contributed by atoms with Gasteiger partial charge in [-0.1, -0.05) is 45.2 Å². The Labute approximate surface area is 63.9 Å². The lowest BCUT2D eigenvalue weighted by Gasteiger charge is -1.95. The van der Waals surface area contributed by atoms with E-state index < -0.39 is 0 Å². The van der Waals surface area contributed by atoms with Crippen LogP contribution in [0.2, 0.25) is 12.6 Å². The van der Waals surface area contributed by atoms with Crippen LogP contribution in [0.4, 0.5) is 0 Å². The second kappa shape index (κ2) is 8.43. The van der Waals surface area contributed by atoms with Crippen molar-refractivity contribution >= 4 is 18.1 Å². The van der Waals surface area contributed by atoms with Gasteiger partial charge in [0.2, 0.25) is 0 Å². The summed E-state index contributed by atoms with van der Waals surface area (Å²) < 4.78 is 0. The van der Waals surface area contributed by atoms with Crippen molar-refractivity contribution in [3.8, 4) is 0 Å². The maximum atomic E-state index is 2.46. The Morgan fingerprint density at radius 2 is 1.89 bits per heavy atom. The Hall–Kier alpha value is 0.434. The van der Waals surface area contributed by atoms with E-state index in [0.29, 0.717) is 18.1 Å². The largest absolute Gasteiger partial charge is 0.0771 e. The van der Waals surface area contributed by atoms with Gasteiger partial charge in [0.15, 0.2) is 0 Å². The molecule has 0 spiro atoms. The molecule has 0 aliphatic carbocycles. The first-order valence-corrected chi connectivity index (χ1v) is 10.8. The predicted octanol–water partition coefficient (Wildman–Crippen LogP) is 1.29. The summed E-state index contributed by atoms with van der Waals surface area (Å²) in [6, 6.07) is 1.66. The van der Waals surface area contributed by atoms with E-state index in [1.165, 1.54) is 19.3 Å². The van der Waals surface area contributed by atoms with Crippen LogP contribution in [0.5, 0.6) is 0 Å². The van der Waals surface area contributed by atoms with Crippen LogP contribution in [-0.2, 0) is 0 Å². The fourth-order valence-electron chi connectivity index (χ4n) is 1.03. The van der Waals surface area contributed by atoms with Gasteiger partial charge in [0.1, 0.15) is 0 Å². The Balaban J connectivity index is 2.60. The van der Waals surface area contributed by atoms with E-state index in [-0.39, 0.29) is 0 Å². The topological polar surface area (TPSA) is 0 Å². The molecule has 0 aromatic rings. The second-order valence-corrected chi connectivity index (χ2v) is 10.3. The van der Waals surface area contributed by atoms with Gasteiger partial charge in [0.05, 0.1) is 0 Å². The van der Waals surface area contributed by atoms with Gasteiger partial charge in [0, 0.05) is 18.1 Å². The summed E-state index contributed by atoms with van der Waals surface area (Å²) in [4.78, 5) is 0. The van der Waals surface area contributed by atoms with Crippen LogP contribution >= 0.6 is 0 Å². The molecule has 0 saturated carbocycles. The zero-order valence-corrected chi connectivity index (χ0v) is 9.78. The maximum Gasteiger partial charge on any atom is 0.00770 e. The van der Waals surface area contributed by atoms with Crippen molar-refractivity contribution in [2.45, 2.75) is 45.2 Å². The minimum absolute atomic E-state index is 0.519. The molecule has 0 bridgehead atoms. The summed E-state index contributed by atoms with van der Waals surface area (Å²) in [7, 11) is 1.05. The first-order valence-electron chi connectivity index (χ1n) is 4.41. The zero-order chi connectivity index (χ0) is 6.95. The Kier molecular flexibility index (Phi) is 8.84. The first kappa shape index (κ1) is 9.43. The van der Waals surface area contributed by atoms with Crippen LogP contribution in [-0.4, -0.2) is 18.1 Å². The van der Waals surface area contributed by atoms with Crippen LogP contribution in [0.15, 0.2) is 0 Å². The van der Waals surface area contributed by atoms with E-state index in [0.717, 1.165) is 0 Å². The Morgan fingerprint density at radius 1 is 1.11 bits per heavy atom. The number of unbranched alkanes of at least 4 members (excludes halogenated alkanes) is 3. The normalized spacial score (nSPS) is 12.7. The average molecular weight is 160 g/mol. The molecule has 0 N–H and O–H groups in total. The molecular formula is C7H20Si2. The molecule has 0 heterocycles. The molecule has 0 fully saturated rings. The van der Waals surface area contributed by atoms with Crippen molar-refractivity contribution in [2.75, 3.05) is 0 Å². The molecule has 9 heavy (non-hydrogen) atoms. The van der Waals surface area contributed by atoms with Crippen molar-refractivity contribution in [3.05, 3.63) is 0 Å². The standard InChI is InChI=1S/C7H20Si2/c1-3-4-5-6-7-9-8-2/h3-9H2,1-2H3. The lowest BCUT2D eigenvalue weighted by atomic mass is 10.2. The summed E-state index contributed by atoms with van der Waals surface area (Å²) >= 11 is 0. The van der Waals surface area contributed by atoms with Gasteiger partial charge < -0.3 is 0 Å². The summed E-state index contributed by atoms with van der Waals surface area (Å²) in [5.74, 6) is 0. The summed E-state index contributed by atoms with van der Waals surface area (Å²) in [5, 5.41) is 0. The van der Waals surface area contributed by atoms with Crippen LogP contribution in [0.25, 0.3) is 0 Å². The van der Waals surface area contributed by atoms with Gasteiger partial charge in [-0.15, -0.1) is 0 Å². The Morgan fingerprint density at radius 3 is 2.44 bits per heavy atom. The Bertz CT molecular complexity index is 40.2. The van der Waals surface area contributed by atoms with Gasteiger partial charge >= 0.3 is 0 Å². The molecule has 0 nitrogen and oxygen atoms in total. The van der Waals surface area contributed by atoms with E-state index >= 15 is 0 Å². The first-order chi connectivity index (χ1) is 4.41. The van der Waals surface area contributed by atoms with Gasteiger partial charge in [-0.2, -0.15) is 0 Å². The van der Waals surface area contributed by atoms with E-state index in [1.54, 1.807) is 12.5 Å². The molecule has 0 amide bonds. The summed E-state index contributed by atoms with van der Waals surface area (Å²) in [5.41, 5.74) is 0. The maximum absolute atomic E-state index is 2.46. The minimum atomic E-state index is 0.519. The highest BCUT2D eigenvalue weighted by Gasteiger charge is 1.86. The molecule has 0 aromatic carbocycles. The highest BCUT2D eigenvalue weighted by atomic mass is 29.1. The molecule has 0 rings (SSSR count). The van der Waals surface area contributed by atoms with Crippen LogP contribution in [0.1, 0.15) is 32.6 Å². The fourth-order valence-corrected chi connectivity index (χ4v) is 4.80. The van der Waals surface area contributed by atoms with Crippen LogP contribution in [0, 0.1) is 0 Å². The smallest absolute Gasteiger partial charge is 0.00770 e. The molecule has 0 saturated heterocycles. The molecule has 0 unspecified atom stereocenters. The van der Waals surface area contributed by atoms with Crippen molar-refractivity contribution in [3.63, 3.8) is 0 Å². The minimum Gasteiger partial charge on any atom is -0.0771 e. The molecule has 0 radical (unpaired) electrons. The molecule has 2 heteroatoms. The third kappa shape index (κ3) is 8.43. The predicted molar refractivity (Wildman–Crippen MR) is 51.9 cm³/mol. The summed E-state index contributed by atoms with van der Waals surface area (Å²) in [6.45, 7) is 4.75. The molecule has 0 atom stereocenters. The van der Waals surface area contributed by atoms with Crippen molar-refractivity contribution in [1.82, 2.24) is 0 Å². The van der Waals surface area contributed by atoms with Crippen LogP contribution in [0.3, 0.4) is 0 Å². The van der Waals surface area contributed by atoms with E-state index in [1.807, 2.05) is 0 Å². The number of rotatable bonds is 6. The van der Waals surface area contributed by atoms with Gasteiger partial charge in [0.25, 0.3) is 0 Å². The lowest BCUT2D eigenvalue weighted by molar-refractivity contribution is 0.701. The highest BCUT2D eigenvalue weighted by Crippen LogP contribution is 2.01. The van der Waals surface area contributed by atoms with E-state index in [2.05, 4.69) is 13.5 Å². The van der Waals surface area contributed by atoms with E-state index in [9.17, 15) is 0 Å². The fraction of sp³-hybridized carbons (Fsp3) is 1.00. The summed E-state index contributed by atoms with van der Waals surface area (Å²) in [6.07, 6.45) is 5.93. The second-order valence-electron chi connectivity index (χ2n) is 2.77. The molecule has 0 aliphatic rings. The SMILES string of the molecule is CCCCCC[SiH2][SiH2]C. The average Bonchev–Trinajstić information content (AvgIpc) is 1.89. The molecular weight excluding hydrogens is 140 g/mol. The molecule has 0 aromatic heterocycles. The highest BCUT2D eigenvalue weighted by molar-refractivity contribution is 6.99. The number of hydrogen-bond donors (Lipinski definition) is 0. The van der Waals surface area contributed by atoms with Crippen molar-refractivity contribution < 1.29 is 0 Å². The quantitative estimate of drug-likeness (QED) is 0.406. The van der Waals surface area contributed by atoms with E-state index in [4.69, 9.17) is 0 Å². The number of hydrogen-bond acceptors (Lipinski definition) is 0. The lowest BCUT2D eigenvalue weighted by Crippen LogP contribution is -1.96. The monoisotopic (exact) mass is 160 g/mol.